The molecule has 0 atom stereocenters. The predicted octanol–water partition coefficient (Wildman–Crippen LogP) is 1.06. The van der Waals surface area contributed by atoms with Crippen molar-refractivity contribution in [2.24, 2.45) is 0 Å². The zero-order valence-electron chi connectivity index (χ0n) is 8.76. The van der Waals surface area contributed by atoms with Gasteiger partial charge in [-0.25, -0.2) is 17.6 Å². The van der Waals surface area contributed by atoms with Crippen LogP contribution in [0.1, 0.15) is 16.8 Å². The SMILES string of the molecule is O=C(O)c1cccc(F)c1N1CCCS1(=O)=O. The molecule has 17 heavy (non-hydrogen) atoms. The van der Waals surface area contributed by atoms with Crippen molar-refractivity contribution in [1.82, 2.24) is 0 Å². The minimum absolute atomic E-state index is 0.0829. The topological polar surface area (TPSA) is 74.7 Å². The van der Waals surface area contributed by atoms with E-state index < -0.39 is 21.8 Å². The lowest BCUT2D eigenvalue weighted by molar-refractivity contribution is 0.0697. The molecule has 0 amide bonds. The highest BCUT2D eigenvalue weighted by Gasteiger charge is 2.33. The highest BCUT2D eigenvalue weighted by Crippen LogP contribution is 2.30. The lowest BCUT2D eigenvalue weighted by atomic mass is 10.1. The van der Waals surface area contributed by atoms with Gasteiger partial charge >= 0.3 is 5.97 Å². The zero-order valence-corrected chi connectivity index (χ0v) is 9.58. The number of carbonyl (C=O) groups is 1. The molecular formula is C10H10FNO4S. The highest BCUT2D eigenvalue weighted by atomic mass is 32.2. The Labute approximate surface area is 97.5 Å². The van der Waals surface area contributed by atoms with E-state index in [0.29, 0.717) is 6.42 Å². The predicted molar refractivity (Wildman–Crippen MR) is 59.1 cm³/mol. The second kappa shape index (κ2) is 3.99. The van der Waals surface area contributed by atoms with Gasteiger partial charge in [-0.05, 0) is 18.6 Å². The summed E-state index contributed by atoms with van der Waals surface area (Å²) in [5, 5.41) is 8.93. The molecule has 1 aliphatic rings. The van der Waals surface area contributed by atoms with Crippen molar-refractivity contribution in [3.05, 3.63) is 29.6 Å². The van der Waals surface area contributed by atoms with Gasteiger partial charge in [0.25, 0.3) is 0 Å². The van der Waals surface area contributed by atoms with Crippen LogP contribution in [0.25, 0.3) is 0 Å². The van der Waals surface area contributed by atoms with Crippen LogP contribution in [-0.2, 0) is 10.0 Å². The quantitative estimate of drug-likeness (QED) is 0.861. The molecule has 5 nitrogen and oxygen atoms in total. The van der Waals surface area contributed by atoms with Crippen molar-refractivity contribution in [2.45, 2.75) is 6.42 Å². The molecule has 1 heterocycles. The molecule has 1 saturated heterocycles. The first-order chi connectivity index (χ1) is 7.93. The molecule has 0 saturated carbocycles. The molecule has 0 unspecified atom stereocenters. The molecule has 1 fully saturated rings. The fourth-order valence-corrected chi connectivity index (χ4v) is 3.42. The number of halogens is 1. The molecule has 0 spiro atoms. The molecule has 0 radical (unpaired) electrons. The second-order valence-electron chi connectivity index (χ2n) is 3.68. The maximum Gasteiger partial charge on any atom is 0.337 e. The van der Waals surface area contributed by atoms with Crippen molar-refractivity contribution in [2.75, 3.05) is 16.6 Å². The molecule has 0 bridgehead atoms. The van der Waals surface area contributed by atoms with Crippen molar-refractivity contribution >= 4 is 21.7 Å². The van der Waals surface area contributed by atoms with Crippen LogP contribution in [0.5, 0.6) is 0 Å². The fraction of sp³-hybridized carbons (Fsp3) is 0.300. The Balaban J connectivity index is 2.62. The number of carboxylic acid groups (broad SMARTS) is 1. The number of hydrogen-bond donors (Lipinski definition) is 1. The van der Waals surface area contributed by atoms with Crippen LogP contribution in [0.2, 0.25) is 0 Å². The summed E-state index contributed by atoms with van der Waals surface area (Å²) >= 11 is 0. The molecule has 0 aliphatic carbocycles. The third-order valence-corrected chi connectivity index (χ3v) is 4.41. The van der Waals surface area contributed by atoms with Gasteiger partial charge in [-0.2, -0.15) is 0 Å². The van der Waals surface area contributed by atoms with Gasteiger partial charge in [0.2, 0.25) is 10.0 Å². The van der Waals surface area contributed by atoms with Gasteiger partial charge in [0.1, 0.15) is 11.5 Å². The van der Waals surface area contributed by atoms with Crippen LogP contribution in [0.4, 0.5) is 10.1 Å². The first kappa shape index (κ1) is 11.8. The summed E-state index contributed by atoms with van der Waals surface area (Å²) in [7, 11) is -3.59. The third kappa shape index (κ3) is 1.97. The third-order valence-electron chi connectivity index (χ3n) is 2.57. The summed E-state index contributed by atoms with van der Waals surface area (Å²) in [6.07, 6.45) is 0.371. The summed E-state index contributed by atoms with van der Waals surface area (Å²) in [5.41, 5.74) is -0.701. The van der Waals surface area contributed by atoms with E-state index in [0.717, 1.165) is 10.4 Å². The van der Waals surface area contributed by atoms with Gasteiger partial charge in [0.15, 0.2) is 0 Å². The van der Waals surface area contributed by atoms with E-state index in [-0.39, 0.29) is 23.5 Å². The van der Waals surface area contributed by atoms with Gasteiger partial charge < -0.3 is 5.11 Å². The van der Waals surface area contributed by atoms with Crippen LogP contribution in [0.3, 0.4) is 0 Å². The zero-order chi connectivity index (χ0) is 12.6. The Kier molecular flexibility index (Phi) is 2.78. The summed E-state index contributed by atoms with van der Waals surface area (Å²) in [6, 6.07) is 3.48. The average molecular weight is 259 g/mol. The van der Waals surface area contributed by atoms with Crippen LogP contribution in [0, 0.1) is 5.82 Å². The van der Waals surface area contributed by atoms with Crippen LogP contribution in [-0.4, -0.2) is 31.8 Å². The average Bonchev–Trinajstić information content (AvgIpc) is 2.57. The molecule has 7 heteroatoms. The normalized spacial score (nSPS) is 18.3. The fourth-order valence-electron chi connectivity index (χ4n) is 1.83. The maximum atomic E-state index is 13.6. The Morgan fingerprint density at radius 1 is 1.41 bits per heavy atom. The Bertz CT molecular complexity index is 570. The summed E-state index contributed by atoms with van der Waals surface area (Å²) in [5.74, 6) is -2.27. The first-order valence-electron chi connectivity index (χ1n) is 4.96. The van der Waals surface area contributed by atoms with E-state index in [1.165, 1.54) is 12.1 Å². The van der Waals surface area contributed by atoms with Gasteiger partial charge in [0.05, 0.1) is 11.3 Å². The Morgan fingerprint density at radius 3 is 2.65 bits per heavy atom. The minimum Gasteiger partial charge on any atom is -0.478 e. The van der Waals surface area contributed by atoms with Gasteiger partial charge in [-0.3, -0.25) is 4.31 Å². The number of aromatic carboxylic acids is 1. The molecular weight excluding hydrogens is 249 g/mol. The largest absolute Gasteiger partial charge is 0.478 e. The van der Waals surface area contributed by atoms with E-state index in [4.69, 9.17) is 5.11 Å². The molecule has 2 rings (SSSR count). The monoisotopic (exact) mass is 259 g/mol. The van der Waals surface area contributed by atoms with Gasteiger partial charge in [0, 0.05) is 6.54 Å². The number of hydrogen-bond acceptors (Lipinski definition) is 3. The summed E-state index contributed by atoms with van der Waals surface area (Å²) < 4.78 is 37.8. The van der Waals surface area contributed by atoms with Crippen molar-refractivity contribution in [3.63, 3.8) is 0 Å². The van der Waals surface area contributed by atoms with Crippen LogP contribution >= 0.6 is 0 Å². The van der Waals surface area contributed by atoms with Gasteiger partial charge in [-0.1, -0.05) is 6.07 Å². The molecule has 1 aromatic carbocycles. The molecule has 1 N–H and O–H groups in total. The van der Waals surface area contributed by atoms with Gasteiger partial charge in [-0.15, -0.1) is 0 Å². The first-order valence-corrected chi connectivity index (χ1v) is 6.56. The van der Waals surface area contributed by atoms with E-state index in [1.807, 2.05) is 0 Å². The van der Waals surface area contributed by atoms with E-state index in [2.05, 4.69) is 0 Å². The Morgan fingerprint density at radius 2 is 2.12 bits per heavy atom. The summed E-state index contributed by atoms with van der Waals surface area (Å²) in [4.78, 5) is 11.0. The Hall–Kier alpha value is -1.63. The molecule has 0 aromatic heterocycles. The number of carboxylic acids is 1. The van der Waals surface area contributed by atoms with Crippen molar-refractivity contribution in [3.8, 4) is 0 Å². The minimum atomic E-state index is -3.59. The second-order valence-corrected chi connectivity index (χ2v) is 5.70. The van der Waals surface area contributed by atoms with E-state index in [1.54, 1.807) is 0 Å². The number of rotatable bonds is 2. The molecule has 92 valence electrons. The smallest absolute Gasteiger partial charge is 0.337 e. The standard InChI is InChI=1S/C10H10FNO4S/c11-8-4-1-3-7(10(13)14)9(8)12-5-2-6-17(12,15)16/h1,3-4H,2,5-6H2,(H,13,14). The number of anilines is 1. The van der Waals surface area contributed by atoms with Crippen LogP contribution < -0.4 is 4.31 Å². The molecule has 1 aliphatic heterocycles. The highest BCUT2D eigenvalue weighted by molar-refractivity contribution is 7.93. The number of para-hydroxylation sites is 1. The number of benzene rings is 1. The summed E-state index contributed by atoms with van der Waals surface area (Å²) in [6.45, 7) is 0.115. The van der Waals surface area contributed by atoms with Crippen LogP contribution in [0.15, 0.2) is 18.2 Å². The molecule has 1 aromatic rings. The van der Waals surface area contributed by atoms with Crippen molar-refractivity contribution < 1.29 is 22.7 Å². The van der Waals surface area contributed by atoms with Crippen molar-refractivity contribution in [1.29, 1.82) is 0 Å². The number of nitrogens with zero attached hydrogens (tertiary/aromatic N) is 1. The van der Waals surface area contributed by atoms with E-state index >= 15 is 0 Å². The maximum absolute atomic E-state index is 13.6. The lowest BCUT2D eigenvalue weighted by Gasteiger charge is -2.19. The number of sulfonamides is 1. The van der Waals surface area contributed by atoms with E-state index in [9.17, 15) is 17.6 Å². The lowest BCUT2D eigenvalue weighted by Crippen LogP contribution is -2.28.